The summed E-state index contributed by atoms with van der Waals surface area (Å²) in [4.78, 5) is 35.8. The van der Waals surface area contributed by atoms with Gasteiger partial charge in [0.2, 0.25) is 0 Å². The quantitative estimate of drug-likeness (QED) is 0.463. The van der Waals surface area contributed by atoms with Gasteiger partial charge in [0, 0.05) is 37.7 Å². The molecule has 4 rings (SSSR count). The number of amides is 2. The van der Waals surface area contributed by atoms with Crippen LogP contribution in [-0.2, 0) is 4.79 Å². The summed E-state index contributed by atoms with van der Waals surface area (Å²) >= 11 is 0. The van der Waals surface area contributed by atoms with Gasteiger partial charge in [-0.25, -0.2) is 4.39 Å². The molecule has 0 saturated carbocycles. The molecule has 2 aliphatic heterocycles. The van der Waals surface area contributed by atoms with Gasteiger partial charge in [-0.2, -0.15) is 4.99 Å². The third-order valence-electron chi connectivity index (χ3n) is 5.81. The Morgan fingerprint density at radius 2 is 1.97 bits per heavy atom. The number of ether oxygens (including phenoxy) is 1. The molecule has 9 nitrogen and oxygen atoms in total. The summed E-state index contributed by atoms with van der Waals surface area (Å²) in [5.74, 6) is -0.388. The number of aliphatic hydroxyl groups excluding tert-OH is 1. The Morgan fingerprint density at radius 3 is 2.56 bits per heavy atom. The second-order valence-electron chi connectivity index (χ2n) is 8.96. The van der Waals surface area contributed by atoms with Crippen molar-refractivity contribution in [1.29, 1.82) is 0 Å². The number of pyridine rings is 1. The van der Waals surface area contributed by atoms with Crippen molar-refractivity contribution in [2.45, 2.75) is 26.1 Å². The number of β-amino-alcohol motifs (C(OH)–C–C–N with tert-alkyl or cyclic N) is 1. The van der Waals surface area contributed by atoms with E-state index in [9.17, 15) is 19.1 Å². The van der Waals surface area contributed by atoms with Crippen LogP contribution >= 0.6 is 0 Å². The third-order valence-corrected chi connectivity index (χ3v) is 5.81. The number of rotatable bonds is 7. The minimum Gasteiger partial charge on any atom is -0.486 e. The molecule has 0 aliphatic carbocycles. The molecule has 34 heavy (non-hydrogen) atoms. The molecule has 2 amide bonds. The van der Waals surface area contributed by atoms with Gasteiger partial charge in [-0.05, 0) is 24.3 Å². The summed E-state index contributed by atoms with van der Waals surface area (Å²) in [6.07, 6.45) is 0.967. The molecule has 1 aromatic heterocycles. The molecule has 0 unspecified atom stereocenters. The number of carbonyl (C=O) groups excluding carboxylic acids is 2. The van der Waals surface area contributed by atoms with Gasteiger partial charge >= 0.3 is 0 Å². The molecule has 1 aromatic carbocycles. The first-order chi connectivity index (χ1) is 16.2. The number of aromatic nitrogens is 1. The summed E-state index contributed by atoms with van der Waals surface area (Å²) in [5.41, 5.74) is 6.78. The molecule has 3 heterocycles. The predicted molar refractivity (Wildman–Crippen MR) is 124 cm³/mol. The van der Waals surface area contributed by atoms with Crippen molar-refractivity contribution < 1.29 is 23.8 Å². The number of hydrogen-bond donors (Lipinski definition) is 2. The molecule has 2 saturated heterocycles. The van der Waals surface area contributed by atoms with Crippen molar-refractivity contribution in [1.82, 2.24) is 14.8 Å². The Kier molecular flexibility index (Phi) is 6.90. The van der Waals surface area contributed by atoms with E-state index >= 15 is 0 Å². The van der Waals surface area contributed by atoms with Gasteiger partial charge < -0.3 is 20.5 Å². The van der Waals surface area contributed by atoms with Crippen LogP contribution in [0.3, 0.4) is 0 Å². The molecule has 0 radical (unpaired) electrons. The van der Waals surface area contributed by atoms with Gasteiger partial charge in [-0.1, -0.05) is 19.9 Å². The fraction of sp³-hybridized carbons (Fsp3) is 0.417. The fourth-order valence-corrected chi connectivity index (χ4v) is 3.68. The summed E-state index contributed by atoms with van der Waals surface area (Å²) in [5, 5.41) is 9.33. The lowest BCUT2D eigenvalue weighted by Gasteiger charge is -2.38. The smallest absolute Gasteiger partial charge is 0.261 e. The van der Waals surface area contributed by atoms with Crippen LogP contribution in [0.5, 0.6) is 5.75 Å². The average Bonchev–Trinajstić information content (AvgIpc) is 2.75. The first-order valence-electron chi connectivity index (χ1n) is 11.2. The number of nitrogens with two attached hydrogens (primary N) is 1. The molecule has 10 heteroatoms. The Morgan fingerprint density at radius 1 is 1.24 bits per heavy atom. The van der Waals surface area contributed by atoms with Crippen molar-refractivity contribution in [3.63, 3.8) is 0 Å². The van der Waals surface area contributed by atoms with Crippen molar-refractivity contribution in [2.75, 3.05) is 32.7 Å². The van der Waals surface area contributed by atoms with E-state index in [4.69, 9.17) is 10.5 Å². The molecule has 3 N–H and O–H groups in total. The average molecular weight is 470 g/mol. The van der Waals surface area contributed by atoms with Gasteiger partial charge in [0.25, 0.3) is 11.8 Å². The SMILES string of the molecule is CC(C)C(N)=NC(=O)CN1CC(Oc2ccc(-c3ccc(C(=O)N4CC(O)C4)c(F)c3)nc2)C1. The Bertz CT molecular complexity index is 1090. The van der Waals surface area contributed by atoms with E-state index in [1.54, 1.807) is 24.4 Å². The third kappa shape index (κ3) is 5.40. The Hall–Kier alpha value is -3.37. The number of hydrogen-bond acceptors (Lipinski definition) is 6. The van der Waals surface area contributed by atoms with Gasteiger partial charge in [-0.3, -0.25) is 19.5 Å². The molecule has 2 fully saturated rings. The van der Waals surface area contributed by atoms with Crippen molar-refractivity contribution in [2.24, 2.45) is 16.6 Å². The van der Waals surface area contributed by atoms with Crippen LogP contribution in [0.25, 0.3) is 11.3 Å². The highest BCUT2D eigenvalue weighted by molar-refractivity contribution is 5.96. The zero-order valence-electron chi connectivity index (χ0n) is 19.1. The molecule has 0 atom stereocenters. The normalized spacial score (nSPS) is 17.4. The predicted octanol–water partition coefficient (Wildman–Crippen LogP) is 1.31. The Balaban J connectivity index is 1.29. The molecule has 2 aromatic rings. The van der Waals surface area contributed by atoms with E-state index in [1.807, 2.05) is 18.7 Å². The number of halogens is 1. The lowest BCUT2D eigenvalue weighted by atomic mass is 10.0. The highest BCUT2D eigenvalue weighted by Gasteiger charge is 2.31. The van der Waals surface area contributed by atoms with Crippen LogP contribution in [-0.4, -0.2) is 82.5 Å². The van der Waals surface area contributed by atoms with Gasteiger partial charge in [0.05, 0.1) is 30.1 Å². The van der Waals surface area contributed by atoms with Crippen molar-refractivity contribution in [3.05, 3.63) is 47.9 Å². The Labute approximate surface area is 197 Å². The van der Waals surface area contributed by atoms with Crippen LogP contribution in [0.2, 0.25) is 0 Å². The van der Waals surface area contributed by atoms with E-state index in [1.165, 1.54) is 17.0 Å². The maximum Gasteiger partial charge on any atom is 0.261 e. The first-order valence-corrected chi connectivity index (χ1v) is 11.2. The topological polar surface area (TPSA) is 121 Å². The first kappa shape index (κ1) is 23.8. The van der Waals surface area contributed by atoms with Crippen molar-refractivity contribution in [3.8, 4) is 17.0 Å². The number of carbonyl (C=O) groups is 2. The summed E-state index contributed by atoms with van der Waals surface area (Å²) in [6.45, 7) is 5.60. The summed E-state index contributed by atoms with van der Waals surface area (Å²) < 4.78 is 20.4. The second-order valence-corrected chi connectivity index (χ2v) is 8.96. The van der Waals surface area contributed by atoms with E-state index in [2.05, 4.69) is 9.98 Å². The molecule has 2 aliphatic rings. The molecule has 180 valence electrons. The van der Waals surface area contributed by atoms with Crippen LogP contribution in [0.4, 0.5) is 4.39 Å². The zero-order chi connectivity index (χ0) is 24.4. The summed E-state index contributed by atoms with van der Waals surface area (Å²) in [6, 6.07) is 7.84. The van der Waals surface area contributed by atoms with Gasteiger partial charge in [-0.15, -0.1) is 0 Å². The minimum atomic E-state index is -0.630. The monoisotopic (exact) mass is 469 g/mol. The number of aliphatic hydroxyl groups is 1. The molecule has 0 spiro atoms. The van der Waals surface area contributed by atoms with Gasteiger partial charge in [0.15, 0.2) is 0 Å². The maximum absolute atomic E-state index is 14.5. The zero-order valence-corrected chi connectivity index (χ0v) is 19.1. The van der Waals surface area contributed by atoms with Gasteiger partial charge in [0.1, 0.15) is 23.5 Å². The fourth-order valence-electron chi connectivity index (χ4n) is 3.68. The van der Waals surface area contributed by atoms with Crippen molar-refractivity contribution >= 4 is 17.6 Å². The lowest BCUT2D eigenvalue weighted by molar-refractivity contribution is -0.121. The molecule has 0 bridgehead atoms. The number of likely N-dealkylation sites (tertiary alicyclic amines) is 2. The van der Waals surface area contributed by atoms with E-state index in [0.717, 1.165) is 0 Å². The van der Waals surface area contributed by atoms with Crippen LogP contribution in [0.15, 0.2) is 41.5 Å². The number of amidine groups is 1. The largest absolute Gasteiger partial charge is 0.486 e. The van der Waals surface area contributed by atoms with E-state index in [-0.39, 0.29) is 43.1 Å². The van der Waals surface area contributed by atoms with Crippen LogP contribution < -0.4 is 10.5 Å². The number of aliphatic imine (C=N–C) groups is 1. The number of nitrogens with zero attached hydrogens (tertiary/aromatic N) is 4. The molecular weight excluding hydrogens is 441 g/mol. The van der Waals surface area contributed by atoms with E-state index < -0.39 is 17.8 Å². The lowest BCUT2D eigenvalue weighted by Crippen LogP contribution is -2.55. The second kappa shape index (κ2) is 9.86. The highest BCUT2D eigenvalue weighted by Crippen LogP contribution is 2.25. The van der Waals surface area contributed by atoms with Crippen LogP contribution in [0, 0.1) is 11.7 Å². The van der Waals surface area contributed by atoms with E-state index in [0.29, 0.717) is 35.9 Å². The van der Waals surface area contributed by atoms with Crippen LogP contribution in [0.1, 0.15) is 24.2 Å². The summed E-state index contributed by atoms with van der Waals surface area (Å²) in [7, 11) is 0. The maximum atomic E-state index is 14.5. The number of benzene rings is 1. The standard InChI is InChI=1S/C24H28FN5O4/c1-14(2)23(26)28-22(32)13-29-11-18(12-29)34-17-4-6-21(27-8-17)15-3-5-19(20(25)7-15)24(33)30-9-16(31)10-30/h3-8,14,16,18,31H,9-13H2,1-2H3,(H2,26,28,32). The minimum absolute atomic E-state index is 0.0267. The highest BCUT2D eigenvalue weighted by atomic mass is 19.1. The molecular formula is C24H28FN5O4.